The number of nitrogens with one attached hydrogen (secondary N) is 1. The minimum atomic E-state index is -0.198. The number of hydrogen-bond acceptors (Lipinski definition) is 3. The Hall–Kier alpha value is -0.830. The largest absolute Gasteiger partial charge is 0.490 e. The molecule has 0 aliphatic carbocycles. The summed E-state index contributed by atoms with van der Waals surface area (Å²) in [5.74, 6) is 0.875. The van der Waals surface area contributed by atoms with Crippen LogP contribution in [0.25, 0.3) is 0 Å². The van der Waals surface area contributed by atoms with Gasteiger partial charge in [-0.25, -0.2) is 0 Å². The van der Waals surface area contributed by atoms with Gasteiger partial charge in [-0.2, -0.15) is 0 Å². The minimum Gasteiger partial charge on any atom is -0.490 e. The van der Waals surface area contributed by atoms with Crippen LogP contribution in [-0.4, -0.2) is 25.5 Å². The maximum Gasteiger partial charge on any atom is 0.204 e. The summed E-state index contributed by atoms with van der Waals surface area (Å²) in [5, 5.41) is 3.38. The number of allylic oxidation sites excluding steroid dienone is 2. The van der Waals surface area contributed by atoms with Crippen LogP contribution in [0, 0.1) is 5.41 Å². The van der Waals surface area contributed by atoms with E-state index in [0.29, 0.717) is 12.4 Å². The van der Waals surface area contributed by atoms with Crippen molar-refractivity contribution in [1.29, 1.82) is 0 Å². The molecule has 17 heavy (non-hydrogen) atoms. The third kappa shape index (κ3) is 2.71. The van der Waals surface area contributed by atoms with Gasteiger partial charge >= 0.3 is 0 Å². The Balaban J connectivity index is 2.14. The molecule has 0 aromatic heterocycles. The van der Waals surface area contributed by atoms with Crippen LogP contribution < -0.4 is 5.32 Å². The average molecular weight is 237 g/mol. The second-order valence-electron chi connectivity index (χ2n) is 5.20. The summed E-state index contributed by atoms with van der Waals surface area (Å²) in [6.07, 6.45) is 8.14. The number of ether oxygens (including phenoxy) is 1. The fourth-order valence-electron chi connectivity index (χ4n) is 2.94. The Bertz CT molecular complexity index is 298. The van der Waals surface area contributed by atoms with Crippen molar-refractivity contribution in [2.24, 2.45) is 5.41 Å². The molecule has 0 aromatic rings. The van der Waals surface area contributed by atoms with Gasteiger partial charge in [0, 0.05) is 12.0 Å². The SMILES string of the molecule is CCCC1(C(=O)C2=CCCCO2)CCCNC1. The fourth-order valence-corrected chi connectivity index (χ4v) is 2.94. The lowest BCUT2D eigenvalue weighted by Gasteiger charge is -2.37. The maximum atomic E-state index is 12.6. The monoisotopic (exact) mass is 237 g/mol. The summed E-state index contributed by atoms with van der Waals surface area (Å²) in [5.41, 5.74) is -0.198. The molecule has 3 heteroatoms. The van der Waals surface area contributed by atoms with Gasteiger partial charge in [0.2, 0.25) is 5.78 Å². The van der Waals surface area contributed by atoms with Crippen molar-refractivity contribution in [3.63, 3.8) is 0 Å². The molecule has 3 nitrogen and oxygen atoms in total. The van der Waals surface area contributed by atoms with Crippen molar-refractivity contribution in [3.05, 3.63) is 11.8 Å². The predicted molar refractivity (Wildman–Crippen MR) is 67.7 cm³/mol. The summed E-state index contributed by atoms with van der Waals surface area (Å²) in [6, 6.07) is 0. The lowest BCUT2D eigenvalue weighted by molar-refractivity contribution is -0.130. The van der Waals surface area contributed by atoms with Crippen LogP contribution in [0.1, 0.15) is 45.4 Å². The molecule has 1 unspecified atom stereocenters. The summed E-state index contributed by atoms with van der Waals surface area (Å²) < 4.78 is 5.55. The topological polar surface area (TPSA) is 38.3 Å². The molecule has 0 aromatic carbocycles. The molecule has 0 saturated carbocycles. The number of carbonyl (C=O) groups excluding carboxylic acids is 1. The van der Waals surface area contributed by atoms with E-state index in [-0.39, 0.29) is 11.2 Å². The highest BCUT2D eigenvalue weighted by Crippen LogP contribution is 2.36. The number of carbonyl (C=O) groups is 1. The molecule has 0 amide bonds. The number of ketones is 1. The van der Waals surface area contributed by atoms with Crippen LogP contribution >= 0.6 is 0 Å². The lowest BCUT2D eigenvalue weighted by Crippen LogP contribution is -2.46. The Kier molecular flexibility index (Phi) is 4.21. The first-order chi connectivity index (χ1) is 8.28. The van der Waals surface area contributed by atoms with Crippen LogP contribution in [0.4, 0.5) is 0 Å². The van der Waals surface area contributed by atoms with E-state index in [2.05, 4.69) is 12.2 Å². The molecule has 2 aliphatic heterocycles. The van der Waals surface area contributed by atoms with Gasteiger partial charge in [0.05, 0.1) is 6.61 Å². The van der Waals surface area contributed by atoms with Crippen LogP contribution in [0.2, 0.25) is 0 Å². The van der Waals surface area contributed by atoms with E-state index in [9.17, 15) is 4.79 Å². The van der Waals surface area contributed by atoms with E-state index in [1.54, 1.807) is 0 Å². The number of hydrogen-bond donors (Lipinski definition) is 1. The third-order valence-corrected chi connectivity index (χ3v) is 3.84. The van der Waals surface area contributed by atoms with Crippen molar-refractivity contribution in [2.45, 2.75) is 45.4 Å². The zero-order valence-corrected chi connectivity index (χ0v) is 10.8. The Labute approximate surface area is 104 Å². The van der Waals surface area contributed by atoms with E-state index >= 15 is 0 Å². The Morgan fingerprint density at radius 2 is 2.41 bits per heavy atom. The molecule has 1 fully saturated rings. The molecule has 0 bridgehead atoms. The van der Waals surface area contributed by atoms with Crippen LogP contribution in [0.3, 0.4) is 0 Å². The quantitative estimate of drug-likeness (QED) is 0.816. The first-order valence-electron chi connectivity index (χ1n) is 6.87. The molecular formula is C14H23NO2. The molecule has 2 rings (SSSR count). The van der Waals surface area contributed by atoms with Crippen molar-refractivity contribution < 1.29 is 9.53 Å². The van der Waals surface area contributed by atoms with Gasteiger partial charge in [-0.15, -0.1) is 0 Å². The lowest BCUT2D eigenvalue weighted by atomic mass is 9.73. The molecule has 96 valence electrons. The number of rotatable bonds is 4. The van der Waals surface area contributed by atoms with Crippen molar-refractivity contribution in [1.82, 2.24) is 5.32 Å². The maximum absolute atomic E-state index is 12.6. The van der Waals surface area contributed by atoms with Gasteiger partial charge in [0.1, 0.15) is 0 Å². The number of Topliss-reactive ketones (excluding diaryl/α,β-unsaturated/α-hetero) is 1. The highest BCUT2D eigenvalue weighted by molar-refractivity contribution is 5.98. The van der Waals surface area contributed by atoms with Gasteiger partial charge in [-0.3, -0.25) is 4.79 Å². The zero-order chi connectivity index (χ0) is 12.1. The fraction of sp³-hybridized carbons (Fsp3) is 0.786. The van der Waals surface area contributed by atoms with Crippen molar-refractivity contribution in [2.75, 3.05) is 19.7 Å². The third-order valence-electron chi connectivity index (χ3n) is 3.84. The molecule has 1 atom stereocenters. The van der Waals surface area contributed by atoms with Crippen LogP contribution in [0.5, 0.6) is 0 Å². The van der Waals surface area contributed by atoms with Gasteiger partial charge in [-0.1, -0.05) is 13.3 Å². The van der Waals surface area contributed by atoms with E-state index in [1.807, 2.05) is 6.08 Å². The van der Waals surface area contributed by atoms with Gasteiger partial charge in [-0.05, 0) is 44.7 Å². The summed E-state index contributed by atoms with van der Waals surface area (Å²) >= 11 is 0. The van der Waals surface area contributed by atoms with Crippen LogP contribution in [-0.2, 0) is 9.53 Å². The second-order valence-corrected chi connectivity index (χ2v) is 5.20. The molecule has 0 radical (unpaired) electrons. The first-order valence-corrected chi connectivity index (χ1v) is 6.87. The van der Waals surface area contributed by atoms with E-state index in [1.165, 1.54) is 0 Å². The second kappa shape index (κ2) is 5.67. The molecule has 1 N–H and O–H groups in total. The smallest absolute Gasteiger partial charge is 0.204 e. The highest BCUT2D eigenvalue weighted by atomic mass is 16.5. The first kappa shape index (κ1) is 12.6. The van der Waals surface area contributed by atoms with E-state index in [0.717, 1.165) is 51.6 Å². The molecule has 2 heterocycles. The van der Waals surface area contributed by atoms with Crippen molar-refractivity contribution in [3.8, 4) is 0 Å². The average Bonchev–Trinajstić information content (AvgIpc) is 2.40. The standard InChI is InChI=1S/C14H23NO2/c1-2-7-14(8-5-9-15-11-14)13(16)12-6-3-4-10-17-12/h6,15H,2-5,7-11H2,1H3. The van der Waals surface area contributed by atoms with Gasteiger partial charge in [0.25, 0.3) is 0 Å². The number of piperidine rings is 1. The zero-order valence-electron chi connectivity index (χ0n) is 10.8. The highest BCUT2D eigenvalue weighted by Gasteiger charge is 2.41. The Morgan fingerprint density at radius 3 is 3.00 bits per heavy atom. The molecule has 0 spiro atoms. The molecule has 1 saturated heterocycles. The molecular weight excluding hydrogens is 214 g/mol. The Morgan fingerprint density at radius 1 is 1.53 bits per heavy atom. The van der Waals surface area contributed by atoms with Crippen LogP contribution in [0.15, 0.2) is 11.8 Å². The normalized spacial score (nSPS) is 29.4. The van der Waals surface area contributed by atoms with Gasteiger partial charge in [0.15, 0.2) is 5.76 Å². The predicted octanol–water partition coefficient (Wildman–Crippen LogP) is 2.42. The minimum absolute atomic E-state index is 0.198. The van der Waals surface area contributed by atoms with Gasteiger partial charge < -0.3 is 10.1 Å². The summed E-state index contributed by atoms with van der Waals surface area (Å²) in [6.45, 7) is 4.71. The van der Waals surface area contributed by atoms with Crippen molar-refractivity contribution >= 4 is 5.78 Å². The summed E-state index contributed by atoms with van der Waals surface area (Å²) in [4.78, 5) is 12.6. The van der Waals surface area contributed by atoms with E-state index in [4.69, 9.17) is 4.74 Å². The molecule has 2 aliphatic rings. The van der Waals surface area contributed by atoms with E-state index < -0.39 is 0 Å². The summed E-state index contributed by atoms with van der Waals surface area (Å²) in [7, 11) is 0.